The minimum Gasteiger partial charge on any atom is -0.460 e. The number of likely N-dealkylation sites (tertiary alicyclic amines) is 1. The van der Waals surface area contributed by atoms with Crippen molar-refractivity contribution in [2.75, 3.05) is 18.8 Å². The summed E-state index contributed by atoms with van der Waals surface area (Å²) >= 11 is 0. The van der Waals surface area contributed by atoms with Crippen LogP contribution in [-0.2, 0) is 17.4 Å². The second-order valence-corrected chi connectivity index (χ2v) is 9.91. The quantitative estimate of drug-likeness (QED) is 0.210. The van der Waals surface area contributed by atoms with E-state index in [1.54, 1.807) is 18.2 Å². The Morgan fingerprint density at radius 1 is 1.02 bits per heavy atom. The van der Waals surface area contributed by atoms with Crippen LogP contribution in [0.15, 0.2) is 59.4 Å². The third-order valence-electron chi connectivity index (χ3n) is 6.80. The number of amides is 1. The number of allylic oxidation sites excluding steroid dienone is 1. The first-order valence-electron chi connectivity index (χ1n) is 12.9. The highest BCUT2D eigenvalue weighted by molar-refractivity contribution is 5.94. The van der Waals surface area contributed by atoms with Gasteiger partial charge in [-0.05, 0) is 48.0 Å². The summed E-state index contributed by atoms with van der Waals surface area (Å²) in [6.07, 6.45) is 1.15. The maximum Gasteiger partial charge on any atom is 0.420 e. The number of anilines is 1. The first-order chi connectivity index (χ1) is 19.9. The van der Waals surface area contributed by atoms with E-state index < -0.39 is 36.4 Å². The molecule has 0 saturated carbocycles. The van der Waals surface area contributed by atoms with Crippen LogP contribution in [0.4, 0.5) is 27.8 Å². The van der Waals surface area contributed by atoms with Gasteiger partial charge >= 0.3 is 6.18 Å². The lowest BCUT2D eigenvalue weighted by Crippen LogP contribution is -2.42. The van der Waals surface area contributed by atoms with Gasteiger partial charge in [0.1, 0.15) is 17.2 Å². The summed E-state index contributed by atoms with van der Waals surface area (Å²) < 4.78 is 74.3. The van der Waals surface area contributed by atoms with Crippen LogP contribution in [0.2, 0.25) is 0 Å². The molecular formula is C29H24F5N5O3. The number of halogens is 5. The first kappa shape index (κ1) is 28.8. The fourth-order valence-corrected chi connectivity index (χ4v) is 4.51. The number of nitrogens with two attached hydrogens (primary N) is 1. The van der Waals surface area contributed by atoms with E-state index in [9.17, 15) is 31.5 Å². The van der Waals surface area contributed by atoms with E-state index in [-0.39, 0.29) is 65.4 Å². The Bertz CT molecular complexity index is 1640. The summed E-state index contributed by atoms with van der Waals surface area (Å²) in [6, 6.07) is 6.99. The molecule has 5 rings (SSSR count). The maximum absolute atomic E-state index is 14.0. The van der Waals surface area contributed by atoms with E-state index in [0.29, 0.717) is 11.4 Å². The highest BCUT2D eigenvalue weighted by Crippen LogP contribution is 2.39. The minimum atomic E-state index is -4.76. The third-order valence-corrected chi connectivity index (χ3v) is 6.80. The van der Waals surface area contributed by atoms with Gasteiger partial charge in [0.2, 0.25) is 0 Å². The molecule has 1 aromatic carbocycles. The molecule has 4 aromatic rings. The van der Waals surface area contributed by atoms with E-state index >= 15 is 0 Å². The SMILES string of the molecule is Nc1ccc(/C=C/C(=O)CCc2cc3cc(-c4ncc(C(=O)N5CCC(F)(F)CC5)cn4)cc(C(F)(F)F)c3o2)cn1. The zero-order chi connectivity index (χ0) is 30.1. The third kappa shape index (κ3) is 6.61. The Morgan fingerprint density at radius 3 is 2.38 bits per heavy atom. The summed E-state index contributed by atoms with van der Waals surface area (Å²) in [5, 5.41) is 0.142. The van der Waals surface area contributed by atoms with Crippen LogP contribution in [0, 0.1) is 0 Å². The van der Waals surface area contributed by atoms with Gasteiger partial charge in [-0.3, -0.25) is 9.59 Å². The number of aryl methyl sites for hydroxylation is 1. The molecular weight excluding hydrogens is 561 g/mol. The van der Waals surface area contributed by atoms with Gasteiger partial charge in [0, 0.05) is 68.3 Å². The van der Waals surface area contributed by atoms with Crippen molar-refractivity contribution in [1.29, 1.82) is 0 Å². The molecule has 0 aliphatic carbocycles. The number of hydrogen-bond donors (Lipinski definition) is 1. The van der Waals surface area contributed by atoms with Crippen molar-refractivity contribution in [3.05, 3.63) is 77.4 Å². The van der Waals surface area contributed by atoms with Crippen LogP contribution in [0.5, 0.6) is 0 Å². The Labute approximate surface area is 236 Å². The van der Waals surface area contributed by atoms with E-state index in [1.807, 2.05) is 0 Å². The molecule has 8 nitrogen and oxygen atoms in total. The van der Waals surface area contributed by atoms with Crippen LogP contribution >= 0.6 is 0 Å². The molecule has 2 N–H and O–H groups in total. The van der Waals surface area contributed by atoms with E-state index in [1.165, 1.54) is 29.3 Å². The summed E-state index contributed by atoms with van der Waals surface area (Å²) in [5.74, 6) is -3.14. The lowest BCUT2D eigenvalue weighted by molar-refractivity contribution is -0.136. The number of carbonyl (C=O) groups excluding carboxylic acids is 2. The van der Waals surface area contributed by atoms with Gasteiger partial charge in [-0.1, -0.05) is 0 Å². The fourth-order valence-electron chi connectivity index (χ4n) is 4.51. The van der Waals surface area contributed by atoms with Gasteiger partial charge < -0.3 is 15.1 Å². The smallest absolute Gasteiger partial charge is 0.420 e. The second kappa shape index (κ2) is 11.3. The molecule has 1 fully saturated rings. The number of fused-ring (bicyclic) bond motifs is 1. The van der Waals surface area contributed by atoms with Crippen LogP contribution in [0.1, 0.15) is 46.5 Å². The predicted octanol–water partition coefficient (Wildman–Crippen LogP) is 5.97. The number of rotatable bonds is 7. The second-order valence-electron chi connectivity index (χ2n) is 9.91. The van der Waals surface area contributed by atoms with Gasteiger partial charge in [-0.25, -0.2) is 23.7 Å². The maximum atomic E-state index is 14.0. The number of piperidine rings is 1. The lowest BCUT2D eigenvalue weighted by atomic mass is 10.0. The summed E-state index contributed by atoms with van der Waals surface area (Å²) in [4.78, 5) is 38.3. The molecule has 3 aromatic heterocycles. The highest BCUT2D eigenvalue weighted by atomic mass is 19.4. The van der Waals surface area contributed by atoms with Gasteiger partial charge in [-0.2, -0.15) is 13.2 Å². The van der Waals surface area contributed by atoms with E-state index in [0.717, 1.165) is 18.5 Å². The van der Waals surface area contributed by atoms with E-state index in [2.05, 4.69) is 15.0 Å². The van der Waals surface area contributed by atoms with Crippen molar-refractivity contribution in [1.82, 2.24) is 19.9 Å². The number of nitrogen functional groups attached to an aromatic ring is 1. The fraction of sp³-hybridized carbons (Fsp3) is 0.276. The summed E-state index contributed by atoms with van der Waals surface area (Å²) in [5.41, 5.74) is 4.85. The number of benzene rings is 1. The molecule has 0 bridgehead atoms. The molecule has 0 radical (unpaired) electrons. The number of pyridine rings is 1. The van der Waals surface area contributed by atoms with E-state index in [4.69, 9.17) is 10.2 Å². The molecule has 0 spiro atoms. The average molecular weight is 586 g/mol. The molecule has 13 heteroatoms. The number of alkyl halides is 5. The number of aromatic nitrogens is 3. The van der Waals surface area contributed by atoms with Gasteiger partial charge in [0.25, 0.3) is 11.8 Å². The van der Waals surface area contributed by atoms with Crippen LogP contribution in [-0.4, -0.2) is 50.6 Å². The lowest BCUT2D eigenvalue weighted by Gasteiger charge is -2.31. The van der Waals surface area contributed by atoms with Crippen LogP contribution in [0.3, 0.4) is 0 Å². The number of hydrogen-bond acceptors (Lipinski definition) is 7. The number of carbonyl (C=O) groups is 2. The molecule has 0 atom stereocenters. The van der Waals surface area contributed by atoms with Crippen molar-refractivity contribution >= 4 is 34.6 Å². The zero-order valence-electron chi connectivity index (χ0n) is 22.0. The normalized spacial score (nSPS) is 15.4. The molecule has 218 valence electrons. The molecule has 1 amide bonds. The number of ketones is 1. The van der Waals surface area contributed by atoms with Gasteiger partial charge in [0.15, 0.2) is 11.6 Å². The molecule has 42 heavy (non-hydrogen) atoms. The van der Waals surface area contributed by atoms with Gasteiger partial charge in [0.05, 0.1) is 11.1 Å². The monoisotopic (exact) mass is 585 g/mol. The minimum absolute atomic E-state index is 0.000191. The summed E-state index contributed by atoms with van der Waals surface area (Å²) in [6.45, 7) is -0.242. The van der Waals surface area contributed by atoms with Crippen molar-refractivity contribution in [2.45, 2.75) is 37.8 Å². The highest BCUT2D eigenvalue weighted by Gasteiger charge is 2.37. The largest absolute Gasteiger partial charge is 0.460 e. The number of nitrogens with zero attached hydrogens (tertiary/aromatic N) is 4. The predicted molar refractivity (Wildman–Crippen MR) is 143 cm³/mol. The van der Waals surface area contributed by atoms with Crippen molar-refractivity contribution in [2.24, 2.45) is 0 Å². The Hall–Kier alpha value is -4.68. The van der Waals surface area contributed by atoms with Crippen LogP contribution in [0.25, 0.3) is 28.4 Å². The topological polar surface area (TPSA) is 115 Å². The van der Waals surface area contributed by atoms with Crippen molar-refractivity contribution in [3.63, 3.8) is 0 Å². The molecule has 1 aliphatic heterocycles. The van der Waals surface area contributed by atoms with Gasteiger partial charge in [-0.15, -0.1) is 0 Å². The van der Waals surface area contributed by atoms with Crippen molar-refractivity contribution < 1.29 is 36.0 Å². The Kier molecular flexibility index (Phi) is 7.76. The van der Waals surface area contributed by atoms with Crippen molar-refractivity contribution in [3.8, 4) is 11.4 Å². The standard InChI is InChI=1S/C29H24F5N5O3/c30-28(31)7-9-39(10-8-28)27(41)20-15-37-26(38-16-20)19-11-18-12-22(42-25(18)23(13-19)29(32,33)34)5-4-21(40)3-1-17-2-6-24(35)36-14-17/h1-3,6,11-16H,4-5,7-10H2,(H2,35,36)/b3-1+. The average Bonchev–Trinajstić information content (AvgIpc) is 3.37. The Morgan fingerprint density at radius 2 is 1.74 bits per heavy atom. The molecule has 0 unspecified atom stereocenters. The molecule has 1 aliphatic rings. The zero-order valence-corrected chi connectivity index (χ0v) is 22.0. The first-order valence-corrected chi connectivity index (χ1v) is 12.9. The Balaban J connectivity index is 1.33. The van der Waals surface area contributed by atoms with Crippen LogP contribution < -0.4 is 5.73 Å². The molecule has 4 heterocycles. The number of furan rings is 1. The summed E-state index contributed by atoms with van der Waals surface area (Å²) in [7, 11) is 0. The molecule has 1 saturated heterocycles.